The molecule has 2 heterocycles. The van der Waals surface area contributed by atoms with Crippen molar-refractivity contribution in [3.05, 3.63) is 52.7 Å². The predicted molar refractivity (Wildman–Crippen MR) is 97.7 cm³/mol. The maximum atomic E-state index is 12.6. The number of allylic oxidation sites excluding steroid dienone is 4. The molecule has 4 aliphatic rings. The summed E-state index contributed by atoms with van der Waals surface area (Å²) in [5, 5.41) is 0. The number of benzene rings is 1. The van der Waals surface area contributed by atoms with E-state index in [4.69, 9.17) is 0 Å². The van der Waals surface area contributed by atoms with Crippen molar-refractivity contribution in [2.75, 3.05) is 31.1 Å². The lowest BCUT2D eigenvalue weighted by Gasteiger charge is -2.23. The molecule has 0 atom stereocenters. The Hall–Kier alpha value is -2.29. The van der Waals surface area contributed by atoms with Crippen LogP contribution in [0.2, 0.25) is 0 Å². The summed E-state index contributed by atoms with van der Waals surface area (Å²) < 4.78 is 0. The van der Waals surface area contributed by atoms with Gasteiger partial charge < -0.3 is 9.80 Å². The van der Waals surface area contributed by atoms with Crippen molar-refractivity contribution in [1.82, 2.24) is 4.90 Å². The fraction of sp³-hybridized carbons (Fsp3) is 0.381. The van der Waals surface area contributed by atoms with Crippen molar-refractivity contribution in [2.45, 2.75) is 25.7 Å². The quantitative estimate of drug-likeness (QED) is 0.832. The summed E-state index contributed by atoms with van der Waals surface area (Å²) in [4.78, 5) is 17.4. The predicted octanol–water partition coefficient (Wildman–Crippen LogP) is 3.63. The van der Waals surface area contributed by atoms with Crippen LogP contribution in [0.3, 0.4) is 0 Å². The number of hydrogen-bond acceptors (Lipinski definition) is 3. The number of fused-ring (bicyclic) bond motifs is 3. The van der Waals surface area contributed by atoms with Gasteiger partial charge in [0.25, 0.3) is 0 Å². The van der Waals surface area contributed by atoms with Crippen LogP contribution >= 0.6 is 0 Å². The summed E-state index contributed by atoms with van der Waals surface area (Å²) in [5.74, 6) is 0.160. The number of rotatable bonds is 2. The van der Waals surface area contributed by atoms with E-state index in [0.717, 1.165) is 43.0 Å². The van der Waals surface area contributed by atoms with Gasteiger partial charge in [-0.3, -0.25) is 4.79 Å². The Morgan fingerprint density at radius 1 is 0.750 bits per heavy atom. The van der Waals surface area contributed by atoms with Gasteiger partial charge in [-0.15, -0.1) is 0 Å². The van der Waals surface area contributed by atoms with E-state index in [9.17, 15) is 4.79 Å². The average Bonchev–Trinajstić information content (AvgIpc) is 3.34. The van der Waals surface area contributed by atoms with Crippen molar-refractivity contribution in [3.8, 4) is 0 Å². The molecule has 24 heavy (non-hydrogen) atoms. The largest absolute Gasteiger partial charge is 0.372 e. The molecule has 0 bridgehead atoms. The Labute approximate surface area is 142 Å². The highest BCUT2D eigenvalue weighted by Crippen LogP contribution is 2.41. The van der Waals surface area contributed by atoms with E-state index in [1.807, 2.05) is 6.08 Å². The Morgan fingerprint density at radius 3 is 2.21 bits per heavy atom. The summed E-state index contributed by atoms with van der Waals surface area (Å²) >= 11 is 0. The van der Waals surface area contributed by atoms with Crippen LogP contribution in [-0.2, 0) is 4.79 Å². The van der Waals surface area contributed by atoms with Crippen molar-refractivity contribution in [1.29, 1.82) is 0 Å². The number of hydrogen-bond donors (Lipinski definition) is 0. The van der Waals surface area contributed by atoms with Crippen LogP contribution in [0.25, 0.3) is 11.6 Å². The van der Waals surface area contributed by atoms with Gasteiger partial charge >= 0.3 is 0 Å². The van der Waals surface area contributed by atoms with Gasteiger partial charge in [-0.1, -0.05) is 6.07 Å². The molecule has 0 saturated carbocycles. The molecule has 0 radical (unpaired) electrons. The first-order valence-electron chi connectivity index (χ1n) is 9.14. The monoisotopic (exact) mass is 318 g/mol. The van der Waals surface area contributed by atoms with E-state index < -0.39 is 0 Å². The number of ketones is 1. The van der Waals surface area contributed by atoms with Gasteiger partial charge in [-0.05, 0) is 66.7 Å². The van der Waals surface area contributed by atoms with Gasteiger partial charge in [0.1, 0.15) is 0 Å². The van der Waals surface area contributed by atoms with E-state index in [1.54, 1.807) is 0 Å². The molecule has 2 aliphatic carbocycles. The zero-order valence-electron chi connectivity index (χ0n) is 13.9. The van der Waals surface area contributed by atoms with Crippen LogP contribution in [0.4, 0.5) is 5.69 Å². The van der Waals surface area contributed by atoms with Crippen molar-refractivity contribution < 1.29 is 4.79 Å². The molecule has 0 aromatic heterocycles. The third-order valence-electron chi connectivity index (χ3n) is 5.70. The molecule has 122 valence electrons. The Balaban J connectivity index is 1.55. The number of anilines is 1. The Bertz CT molecular complexity index is 803. The molecule has 2 fully saturated rings. The molecule has 0 spiro atoms. The lowest BCUT2D eigenvalue weighted by Crippen LogP contribution is -2.21. The van der Waals surface area contributed by atoms with Crippen LogP contribution < -0.4 is 4.90 Å². The SMILES string of the molecule is O=C1C=C(N2CCCC2)C=C2C1=Cc1ccc(N3CCCC3)cc12. The van der Waals surface area contributed by atoms with Gasteiger partial charge in [0, 0.05) is 49.2 Å². The second-order valence-corrected chi connectivity index (χ2v) is 7.21. The zero-order valence-corrected chi connectivity index (χ0v) is 13.9. The fourth-order valence-corrected chi connectivity index (χ4v) is 4.37. The van der Waals surface area contributed by atoms with E-state index in [2.05, 4.69) is 40.2 Å². The first-order valence-corrected chi connectivity index (χ1v) is 9.14. The van der Waals surface area contributed by atoms with Crippen LogP contribution in [0.5, 0.6) is 0 Å². The number of nitrogens with zero attached hydrogens (tertiary/aromatic N) is 2. The molecule has 2 saturated heterocycles. The highest BCUT2D eigenvalue weighted by molar-refractivity contribution is 6.24. The van der Waals surface area contributed by atoms with Crippen LogP contribution in [-0.4, -0.2) is 36.9 Å². The summed E-state index contributed by atoms with van der Waals surface area (Å²) in [5.41, 5.74) is 6.80. The van der Waals surface area contributed by atoms with E-state index in [-0.39, 0.29) is 5.78 Å². The minimum atomic E-state index is 0.160. The molecule has 0 amide bonds. The topological polar surface area (TPSA) is 23.6 Å². The maximum absolute atomic E-state index is 12.6. The Kier molecular flexibility index (Phi) is 3.15. The fourth-order valence-electron chi connectivity index (χ4n) is 4.37. The number of carbonyl (C=O) groups excluding carboxylic acids is 1. The highest BCUT2D eigenvalue weighted by atomic mass is 16.1. The Morgan fingerprint density at radius 2 is 1.46 bits per heavy atom. The molecule has 1 aromatic rings. The second-order valence-electron chi connectivity index (χ2n) is 7.21. The highest BCUT2D eigenvalue weighted by Gasteiger charge is 2.29. The molecule has 0 unspecified atom stereocenters. The third kappa shape index (κ3) is 2.15. The summed E-state index contributed by atoms with van der Waals surface area (Å²) in [6.07, 6.45) is 11.1. The van der Waals surface area contributed by atoms with Crippen LogP contribution in [0.1, 0.15) is 36.8 Å². The van der Waals surface area contributed by atoms with Crippen molar-refractivity contribution in [3.63, 3.8) is 0 Å². The smallest absolute Gasteiger partial charge is 0.188 e. The lowest BCUT2D eigenvalue weighted by atomic mass is 9.94. The van der Waals surface area contributed by atoms with Crippen LogP contribution in [0, 0.1) is 0 Å². The standard InChI is InChI=1S/C21H22N2O/c24-21-14-17(23-9-3-4-10-23)13-19-18-12-16(22-7-1-2-8-22)6-5-15(18)11-20(19)21/h5-6,11-14H,1-4,7-10H2. The molecule has 5 rings (SSSR count). The first kappa shape index (κ1) is 14.1. The zero-order chi connectivity index (χ0) is 16.1. The first-order chi connectivity index (χ1) is 11.8. The minimum absolute atomic E-state index is 0.160. The maximum Gasteiger partial charge on any atom is 0.188 e. The van der Waals surface area contributed by atoms with Gasteiger partial charge in [0.05, 0.1) is 0 Å². The van der Waals surface area contributed by atoms with Gasteiger partial charge in [0.15, 0.2) is 5.78 Å². The minimum Gasteiger partial charge on any atom is -0.372 e. The van der Waals surface area contributed by atoms with Crippen LogP contribution in [0.15, 0.2) is 41.6 Å². The van der Waals surface area contributed by atoms with E-state index in [1.165, 1.54) is 42.5 Å². The molecule has 0 N–H and O–H groups in total. The molecule has 2 aliphatic heterocycles. The summed E-state index contributed by atoms with van der Waals surface area (Å²) in [6, 6.07) is 6.67. The molecule has 3 heteroatoms. The number of likely N-dealkylation sites (tertiary alicyclic amines) is 1. The third-order valence-corrected chi connectivity index (χ3v) is 5.70. The van der Waals surface area contributed by atoms with Gasteiger partial charge in [-0.25, -0.2) is 0 Å². The van der Waals surface area contributed by atoms with Gasteiger partial charge in [-0.2, -0.15) is 0 Å². The summed E-state index contributed by atoms with van der Waals surface area (Å²) in [6.45, 7) is 4.44. The molecular weight excluding hydrogens is 296 g/mol. The van der Waals surface area contributed by atoms with Crippen molar-refractivity contribution >= 4 is 23.1 Å². The molecule has 3 nitrogen and oxygen atoms in total. The normalized spacial score (nSPS) is 22.3. The summed E-state index contributed by atoms with van der Waals surface area (Å²) in [7, 11) is 0. The molecule has 1 aromatic carbocycles. The van der Waals surface area contributed by atoms with E-state index in [0.29, 0.717) is 0 Å². The number of carbonyl (C=O) groups is 1. The average molecular weight is 318 g/mol. The lowest BCUT2D eigenvalue weighted by molar-refractivity contribution is -0.111. The van der Waals surface area contributed by atoms with Crippen molar-refractivity contribution in [2.24, 2.45) is 0 Å². The second kappa shape index (κ2) is 5.37. The van der Waals surface area contributed by atoms with E-state index >= 15 is 0 Å². The molecular formula is C21H22N2O. The van der Waals surface area contributed by atoms with Gasteiger partial charge in [0.2, 0.25) is 0 Å².